The second-order valence-corrected chi connectivity index (χ2v) is 8.31. The van der Waals surface area contributed by atoms with Crippen LogP contribution in [0.3, 0.4) is 0 Å². The second kappa shape index (κ2) is 7.63. The Bertz CT molecular complexity index is 649. The van der Waals surface area contributed by atoms with Gasteiger partial charge in [0.1, 0.15) is 0 Å². The zero-order chi connectivity index (χ0) is 17.0. The standard InChI is InChI=1S/C17H25N3O3S/c21-17(9-8-16-6-2-1-3-7-16)18-12-14-20(15-13-18)24(22,23)19-10-4-5-11-19/h1-3,6-7H,4-5,8-15H2. The van der Waals surface area contributed by atoms with Gasteiger partial charge in [-0.25, -0.2) is 0 Å². The topological polar surface area (TPSA) is 60.9 Å². The van der Waals surface area contributed by atoms with Crippen LogP contribution in [0.15, 0.2) is 30.3 Å². The molecule has 0 aliphatic carbocycles. The van der Waals surface area contributed by atoms with Gasteiger partial charge in [-0.05, 0) is 24.8 Å². The summed E-state index contributed by atoms with van der Waals surface area (Å²) in [6.07, 6.45) is 3.09. The maximum atomic E-state index is 12.5. The molecule has 0 unspecified atom stereocenters. The first-order chi connectivity index (χ1) is 11.6. The molecule has 0 N–H and O–H groups in total. The lowest BCUT2D eigenvalue weighted by Gasteiger charge is -2.35. The average Bonchev–Trinajstić information content (AvgIpc) is 3.16. The SMILES string of the molecule is O=C(CCc1ccccc1)N1CCN(S(=O)(=O)N2CCCC2)CC1. The number of benzene rings is 1. The van der Waals surface area contributed by atoms with Crippen molar-refractivity contribution in [1.82, 2.24) is 13.5 Å². The van der Waals surface area contributed by atoms with E-state index in [9.17, 15) is 13.2 Å². The van der Waals surface area contributed by atoms with Gasteiger partial charge in [0.2, 0.25) is 5.91 Å². The molecule has 0 atom stereocenters. The van der Waals surface area contributed by atoms with Gasteiger partial charge in [0, 0.05) is 45.7 Å². The van der Waals surface area contributed by atoms with Crippen molar-refractivity contribution in [3.8, 4) is 0 Å². The van der Waals surface area contributed by atoms with Crippen LogP contribution in [0.1, 0.15) is 24.8 Å². The first kappa shape index (κ1) is 17.4. The van der Waals surface area contributed by atoms with Crippen LogP contribution in [-0.4, -0.2) is 67.1 Å². The number of aryl methyl sites for hydroxylation is 1. The van der Waals surface area contributed by atoms with Gasteiger partial charge >= 0.3 is 0 Å². The number of nitrogens with zero attached hydrogens (tertiary/aromatic N) is 3. The Balaban J connectivity index is 1.48. The average molecular weight is 351 g/mol. The van der Waals surface area contributed by atoms with Crippen molar-refractivity contribution in [2.75, 3.05) is 39.3 Å². The Morgan fingerprint density at radius 1 is 0.875 bits per heavy atom. The molecule has 6 nitrogen and oxygen atoms in total. The van der Waals surface area contributed by atoms with E-state index in [1.54, 1.807) is 9.21 Å². The molecule has 7 heteroatoms. The molecule has 24 heavy (non-hydrogen) atoms. The van der Waals surface area contributed by atoms with Crippen molar-refractivity contribution in [2.45, 2.75) is 25.7 Å². The first-order valence-electron chi connectivity index (χ1n) is 8.64. The second-order valence-electron chi connectivity index (χ2n) is 6.38. The van der Waals surface area contributed by atoms with E-state index in [4.69, 9.17) is 0 Å². The van der Waals surface area contributed by atoms with Gasteiger partial charge in [0.15, 0.2) is 0 Å². The van der Waals surface area contributed by atoms with Crippen LogP contribution in [0, 0.1) is 0 Å². The predicted molar refractivity (Wildman–Crippen MR) is 92.6 cm³/mol. The number of piperazine rings is 1. The van der Waals surface area contributed by atoms with Gasteiger partial charge in [0.25, 0.3) is 10.2 Å². The molecule has 0 radical (unpaired) electrons. The van der Waals surface area contributed by atoms with E-state index in [1.807, 2.05) is 30.3 Å². The van der Waals surface area contributed by atoms with Crippen LogP contribution < -0.4 is 0 Å². The van der Waals surface area contributed by atoms with E-state index < -0.39 is 10.2 Å². The largest absolute Gasteiger partial charge is 0.340 e. The van der Waals surface area contributed by atoms with E-state index >= 15 is 0 Å². The summed E-state index contributed by atoms with van der Waals surface area (Å²) in [4.78, 5) is 14.1. The molecule has 2 aliphatic rings. The van der Waals surface area contributed by atoms with E-state index in [1.165, 1.54) is 4.31 Å². The Labute approximate surface area is 144 Å². The highest BCUT2D eigenvalue weighted by atomic mass is 32.2. The summed E-state index contributed by atoms with van der Waals surface area (Å²) in [6.45, 7) is 3.02. The Morgan fingerprint density at radius 3 is 2.08 bits per heavy atom. The Kier molecular flexibility index (Phi) is 5.53. The molecule has 0 aromatic heterocycles. The maximum Gasteiger partial charge on any atom is 0.282 e. The first-order valence-corrected chi connectivity index (χ1v) is 10.0. The van der Waals surface area contributed by atoms with E-state index in [0.717, 1.165) is 24.8 Å². The Hall–Kier alpha value is -1.44. The highest BCUT2D eigenvalue weighted by molar-refractivity contribution is 7.86. The van der Waals surface area contributed by atoms with E-state index in [0.29, 0.717) is 45.7 Å². The molecule has 0 bridgehead atoms. The third-order valence-corrected chi connectivity index (χ3v) is 6.81. The lowest BCUT2D eigenvalue weighted by molar-refractivity contribution is -0.132. The van der Waals surface area contributed by atoms with Crippen molar-refractivity contribution in [3.05, 3.63) is 35.9 Å². The maximum absolute atomic E-state index is 12.5. The number of rotatable bonds is 5. The minimum atomic E-state index is -3.34. The van der Waals surface area contributed by atoms with E-state index in [-0.39, 0.29) is 5.91 Å². The molecule has 2 fully saturated rings. The molecular formula is C17H25N3O3S. The van der Waals surface area contributed by atoms with Crippen LogP contribution in [0.4, 0.5) is 0 Å². The van der Waals surface area contributed by atoms with Crippen LogP contribution in [0.5, 0.6) is 0 Å². The molecule has 2 aliphatic heterocycles. The molecule has 1 aromatic carbocycles. The molecule has 2 heterocycles. The van der Waals surface area contributed by atoms with Crippen molar-refractivity contribution < 1.29 is 13.2 Å². The van der Waals surface area contributed by atoms with Crippen molar-refractivity contribution in [2.24, 2.45) is 0 Å². The molecule has 132 valence electrons. The summed E-state index contributed by atoms with van der Waals surface area (Å²) < 4.78 is 28.1. The number of carbonyl (C=O) groups excluding carboxylic acids is 1. The molecule has 1 aromatic rings. The van der Waals surface area contributed by atoms with Gasteiger partial charge in [0.05, 0.1) is 0 Å². The van der Waals surface area contributed by atoms with Gasteiger partial charge in [-0.2, -0.15) is 17.0 Å². The van der Waals surface area contributed by atoms with Crippen molar-refractivity contribution >= 4 is 16.1 Å². The third-order valence-electron chi connectivity index (χ3n) is 4.78. The highest BCUT2D eigenvalue weighted by Crippen LogP contribution is 2.18. The molecule has 1 amide bonds. The molecule has 0 saturated carbocycles. The van der Waals surface area contributed by atoms with Gasteiger partial charge < -0.3 is 4.90 Å². The fourth-order valence-electron chi connectivity index (χ4n) is 3.30. The fraction of sp³-hybridized carbons (Fsp3) is 0.588. The van der Waals surface area contributed by atoms with Crippen LogP contribution in [-0.2, 0) is 21.4 Å². The van der Waals surface area contributed by atoms with E-state index in [2.05, 4.69) is 0 Å². The predicted octanol–water partition coefficient (Wildman–Crippen LogP) is 1.10. The van der Waals surface area contributed by atoms with Crippen LogP contribution in [0.2, 0.25) is 0 Å². The van der Waals surface area contributed by atoms with Gasteiger partial charge in [-0.15, -0.1) is 0 Å². The normalized spacial score (nSPS) is 20.4. The zero-order valence-corrected chi connectivity index (χ0v) is 14.7. The summed E-state index contributed by atoms with van der Waals surface area (Å²) in [5, 5.41) is 0. The van der Waals surface area contributed by atoms with Crippen molar-refractivity contribution in [1.29, 1.82) is 0 Å². The minimum Gasteiger partial charge on any atom is -0.340 e. The Morgan fingerprint density at radius 2 is 1.46 bits per heavy atom. The minimum absolute atomic E-state index is 0.108. The lowest BCUT2D eigenvalue weighted by Crippen LogP contribution is -2.53. The smallest absolute Gasteiger partial charge is 0.282 e. The highest BCUT2D eigenvalue weighted by Gasteiger charge is 2.34. The summed E-state index contributed by atoms with van der Waals surface area (Å²) in [6, 6.07) is 9.95. The van der Waals surface area contributed by atoms with Crippen molar-refractivity contribution in [3.63, 3.8) is 0 Å². The van der Waals surface area contributed by atoms with Crippen LogP contribution in [0.25, 0.3) is 0 Å². The molecule has 0 spiro atoms. The number of amides is 1. The molecule has 3 rings (SSSR count). The summed E-state index contributed by atoms with van der Waals surface area (Å²) in [7, 11) is -3.34. The lowest BCUT2D eigenvalue weighted by atomic mass is 10.1. The molecule has 2 saturated heterocycles. The summed E-state index contributed by atoms with van der Waals surface area (Å²) in [5.41, 5.74) is 1.15. The van der Waals surface area contributed by atoms with Gasteiger partial charge in [-0.3, -0.25) is 4.79 Å². The molecular weight excluding hydrogens is 326 g/mol. The van der Waals surface area contributed by atoms with Gasteiger partial charge in [-0.1, -0.05) is 30.3 Å². The third kappa shape index (κ3) is 3.96. The number of carbonyl (C=O) groups is 1. The monoisotopic (exact) mass is 351 g/mol. The zero-order valence-electron chi connectivity index (χ0n) is 13.9. The number of hydrogen-bond donors (Lipinski definition) is 0. The summed E-state index contributed by atoms with van der Waals surface area (Å²) >= 11 is 0. The quantitative estimate of drug-likeness (QED) is 0.798. The number of hydrogen-bond acceptors (Lipinski definition) is 3. The van der Waals surface area contributed by atoms with Crippen LogP contribution >= 0.6 is 0 Å². The summed E-state index contributed by atoms with van der Waals surface area (Å²) in [5.74, 6) is 0.108. The fourth-order valence-corrected chi connectivity index (χ4v) is 4.98.